The highest BCUT2D eigenvalue weighted by Gasteiger charge is 2.16. The quantitative estimate of drug-likeness (QED) is 0.488. The second-order valence-electron chi connectivity index (χ2n) is 3.79. The van der Waals surface area contributed by atoms with E-state index >= 15 is 0 Å². The van der Waals surface area contributed by atoms with E-state index in [1.54, 1.807) is 16.8 Å². The van der Waals surface area contributed by atoms with Gasteiger partial charge in [0, 0.05) is 29.0 Å². The SMILES string of the molecule is NCCn1nnnc1SCc1ccc(Cl)cc1[N+](=O)[O-]. The number of benzene rings is 1. The average molecular weight is 315 g/mol. The van der Waals surface area contributed by atoms with Gasteiger partial charge in [0.05, 0.1) is 11.5 Å². The molecular formula is C10H11ClN6O2S. The van der Waals surface area contributed by atoms with Gasteiger partial charge in [0.15, 0.2) is 0 Å². The topological polar surface area (TPSA) is 113 Å². The first-order valence-corrected chi connectivity index (χ1v) is 7.00. The van der Waals surface area contributed by atoms with Gasteiger partial charge in [0.1, 0.15) is 0 Å². The van der Waals surface area contributed by atoms with E-state index in [4.69, 9.17) is 17.3 Å². The van der Waals surface area contributed by atoms with Crippen molar-refractivity contribution >= 4 is 29.1 Å². The molecular weight excluding hydrogens is 304 g/mol. The molecule has 0 saturated carbocycles. The third-order valence-corrected chi connectivity index (χ3v) is 3.68. The number of thioether (sulfide) groups is 1. The fraction of sp³-hybridized carbons (Fsp3) is 0.300. The van der Waals surface area contributed by atoms with Crippen molar-refractivity contribution in [2.45, 2.75) is 17.5 Å². The molecule has 0 unspecified atom stereocenters. The van der Waals surface area contributed by atoms with E-state index in [0.29, 0.717) is 34.6 Å². The van der Waals surface area contributed by atoms with Crippen LogP contribution < -0.4 is 5.73 Å². The average Bonchev–Trinajstić information content (AvgIpc) is 2.85. The maximum Gasteiger partial charge on any atom is 0.274 e. The van der Waals surface area contributed by atoms with Gasteiger partial charge in [0.25, 0.3) is 5.69 Å². The Hall–Kier alpha value is -1.71. The first kappa shape index (κ1) is 14.7. The van der Waals surface area contributed by atoms with Gasteiger partial charge in [-0.3, -0.25) is 10.1 Å². The fourth-order valence-electron chi connectivity index (χ4n) is 1.53. The molecule has 0 fully saturated rings. The number of nitrogens with zero attached hydrogens (tertiary/aromatic N) is 5. The smallest absolute Gasteiger partial charge is 0.274 e. The second-order valence-corrected chi connectivity index (χ2v) is 5.17. The van der Waals surface area contributed by atoms with E-state index in [2.05, 4.69) is 15.5 Å². The summed E-state index contributed by atoms with van der Waals surface area (Å²) in [4.78, 5) is 10.5. The number of nitro benzene ring substituents is 1. The molecule has 106 valence electrons. The van der Waals surface area contributed by atoms with E-state index in [-0.39, 0.29) is 5.69 Å². The summed E-state index contributed by atoms with van der Waals surface area (Å²) in [5, 5.41) is 23.1. The van der Waals surface area contributed by atoms with Crippen LogP contribution in [0, 0.1) is 10.1 Å². The standard InChI is InChI=1S/C10H11ClN6O2S/c11-8-2-1-7(9(5-8)17(18)19)6-20-10-13-14-15-16(10)4-3-12/h1-2,5H,3-4,6,12H2. The zero-order valence-electron chi connectivity index (χ0n) is 10.3. The van der Waals surface area contributed by atoms with Crippen molar-refractivity contribution < 1.29 is 4.92 Å². The van der Waals surface area contributed by atoms with E-state index in [1.807, 2.05) is 0 Å². The van der Waals surface area contributed by atoms with Crippen LogP contribution in [0.1, 0.15) is 5.56 Å². The first-order valence-electron chi connectivity index (χ1n) is 5.63. The lowest BCUT2D eigenvalue weighted by Gasteiger charge is -2.04. The van der Waals surface area contributed by atoms with Gasteiger partial charge < -0.3 is 5.73 Å². The van der Waals surface area contributed by atoms with Gasteiger partial charge in [-0.2, -0.15) is 0 Å². The minimum Gasteiger partial charge on any atom is -0.329 e. The lowest BCUT2D eigenvalue weighted by molar-refractivity contribution is -0.385. The minimum absolute atomic E-state index is 0.0113. The molecule has 0 aliphatic carbocycles. The summed E-state index contributed by atoms with van der Waals surface area (Å²) in [7, 11) is 0. The van der Waals surface area contributed by atoms with Crippen LogP contribution in [0.2, 0.25) is 5.02 Å². The number of tetrazole rings is 1. The molecule has 1 heterocycles. The van der Waals surface area contributed by atoms with E-state index in [1.165, 1.54) is 17.8 Å². The molecule has 0 atom stereocenters. The lowest BCUT2D eigenvalue weighted by Crippen LogP contribution is -2.12. The third kappa shape index (κ3) is 3.44. The van der Waals surface area contributed by atoms with Crippen LogP contribution in [-0.4, -0.2) is 31.7 Å². The zero-order chi connectivity index (χ0) is 14.5. The van der Waals surface area contributed by atoms with Crippen molar-refractivity contribution in [3.63, 3.8) is 0 Å². The maximum absolute atomic E-state index is 11.0. The molecule has 0 aliphatic rings. The Labute approximate surface area is 123 Å². The summed E-state index contributed by atoms with van der Waals surface area (Å²) in [6.45, 7) is 0.914. The molecule has 1 aromatic heterocycles. The van der Waals surface area contributed by atoms with Crippen molar-refractivity contribution in [2.75, 3.05) is 6.54 Å². The first-order chi connectivity index (χ1) is 9.61. The van der Waals surface area contributed by atoms with Gasteiger partial charge in [0.2, 0.25) is 5.16 Å². The molecule has 0 amide bonds. The van der Waals surface area contributed by atoms with Gasteiger partial charge >= 0.3 is 0 Å². The van der Waals surface area contributed by atoms with Crippen LogP contribution in [0.25, 0.3) is 0 Å². The summed E-state index contributed by atoms with van der Waals surface area (Å²) < 4.78 is 1.56. The number of rotatable bonds is 6. The van der Waals surface area contributed by atoms with Crippen LogP contribution >= 0.6 is 23.4 Å². The Bertz CT molecular complexity index is 620. The Kier molecular flexibility index (Phi) is 4.88. The molecule has 10 heteroatoms. The van der Waals surface area contributed by atoms with E-state index in [9.17, 15) is 10.1 Å². The van der Waals surface area contributed by atoms with Gasteiger partial charge in [-0.1, -0.05) is 23.4 Å². The molecule has 2 rings (SSSR count). The number of nitro groups is 1. The molecule has 0 spiro atoms. The normalized spacial score (nSPS) is 10.7. The van der Waals surface area contributed by atoms with Gasteiger partial charge in [-0.25, -0.2) is 4.68 Å². The monoisotopic (exact) mass is 314 g/mol. The van der Waals surface area contributed by atoms with E-state index < -0.39 is 4.92 Å². The minimum atomic E-state index is -0.454. The Morgan fingerprint density at radius 2 is 2.30 bits per heavy atom. The molecule has 2 N–H and O–H groups in total. The highest BCUT2D eigenvalue weighted by molar-refractivity contribution is 7.98. The van der Waals surface area contributed by atoms with Crippen LogP contribution in [0.5, 0.6) is 0 Å². The van der Waals surface area contributed by atoms with Crippen LogP contribution in [0.4, 0.5) is 5.69 Å². The largest absolute Gasteiger partial charge is 0.329 e. The number of aromatic nitrogens is 4. The van der Waals surface area contributed by atoms with E-state index in [0.717, 1.165) is 0 Å². The molecule has 1 aromatic carbocycles. The molecule has 0 bridgehead atoms. The van der Waals surface area contributed by atoms with Crippen molar-refractivity contribution in [1.29, 1.82) is 0 Å². The van der Waals surface area contributed by atoms with Crippen LogP contribution in [0.3, 0.4) is 0 Å². The van der Waals surface area contributed by atoms with Crippen molar-refractivity contribution in [2.24, 2.45) is 5.73 Å². The lowest BCUT2D eigenvalue weighted by atomic mass is 10.2. The van der Waals surface area contributed by atoms with Gasteiger partial charge in [-0.15, -0.1) is 5.10 Å². The Morgan fingerprint density at radius 1 is 1.50 bits per heavy atom. The highest BCUT2D eigenvalue weighted by atomic mass is 35.5. The highest BCUT2D eigenvalue weighted by Crippen LogP contribution is 2.28. The van der Waals surface area contributed by atoms with Gasteiger partial charge in [-0.05, 0) is 22.6 Å². The number of nitrogens with two attached hydrogens (primary N) is 1. The molecule has 0 radical (unpaired) electrons. The summed E-state index contributed by atoms with van der Waals surface area (Å²) in [6.07, 6.45) is 0. The van der Waals surface area contributed by atoms with Crippen molar-refractivity contribution in [3.05, 3.63) is 38.9 Å². The molecule has 20 heavy (non-hydrogen) atoms. The maximum atomic E-state index is 11.0. The molecule has 2 aromatic rings. The summed E-state index contributed by atoms with van der Waals surface area (Å²) in [5.74, 6) is 0.373. The molecule has 0 saturated heterocycles. The van der Waals surface area contributed by atoms with Crippen molar-refractivity contribution in [3.8, 4) is 0 Å². The van der Waals surface area contributed by atoms with Crippen LogP contribution in [-0.2, 0) is 12.3 Å². The Morgan fingerprint density at radius 3 is 3.00 bits per heavy atom. The fourth-order valence-corrected chi connectivity index (χ4v) is 2.60. The number of hydrogen-bond acceptors (Lipinski definition) is 7. The predicted octanol–water partition coefficient (Wildman–Crippen LogP) is 1.49. The second kappa shape index (κ2) is 6.64. The zero-order valence-corrected chi connectivity index (χ0v) is 11.8. The summed E-state index contributed by atoms with van der Waals surface area (Å²) in [6, 6.07) is 4.58. The summed E-state index contributed by atoms with van der Waals surface area (Å²) >= 11 is 7.07. The van der Waals surface area contributed by atoms with Crippen LogP contribution in [0.15, 0.2) is 23.4 Å². The third-order valence-electron chi connectivity index (χ3n) is 2.44. The molecule has 0 aliphatic heterocycles. The van der Waals surface area contributed by atoms with Crippen molar-refractivity contribution in [1.82, 2.24) is 20.2 Å². The summed E-state index contributed by atoms with van der Waals surface area (Å²) in [5.41, 5.74) is 6.00. The number of hydrogen-bond donors (Lipinski definition) is 1. The Balaban J connectivity index is 2.14. The predicted molar refractivity (Wildman–Crippen MR) is 74.5 cm³/mol. The number of halogens is 1. The molecule has 8 nitrogen and oxygen atoms in total.